The molecular weight excluding hydrogens is 445 g/mol. The summed E-state index contributed by atoms with van der Waals surface area (Å²) in [4.78, 5) is 17.0. The maximum atomic E-state index is 12.7. The van der Waals surface area contributed by atoms with Crippen molar-refractivity contribution in [3.05, 3.63) is 59.8 Å². The van der Waals surface area contributed by atoms with Crippen LogP contribution in [0.25, 0.3) is 10.9 Å². The average Bonchev–Trinajstić information content (AvgIpc) is 3.12. The maximum Gasteiger partial charge on any atom is 0.416 e. The van der Waals surface area contributed by atoms with Crippen molar-refractivity contribution in [2.75, 3.05) is 31.6 Å². The molecule has 3 aromatic rings. The third-order valence-corrected chi connectivity index (χ3v) is 5.58. The van der Waals surface area contributed by atoms with Gasteiger partial charge in [0.25, 0.3) is 6.43 Å². The number of H-pyrrole nitrogens is 1. The molecule has 2 heterocycles. The van der Waals surface area contributed by atoms with E-state index in [0.717, 1.165) is 28.6 Å². The van der Waals surface area contributed by atoms with Crippen LogP contribution in [0.4, 0.5) is 27.6 Å². The molecule has 0 saturated carbocycles. The molecule has 1 aliphatic rings. The fourth-order valence-corrected chi connectivity index (χ4v) is 3.75. The second-order valence-corrected chi connectivity index (χ2v) is 8.00. The minimum atomic E-state index is -4.36. The molecule has 0 atom stereocenters. The van der Waals surface area contributed by atoms with E-state index in [0.29, 0.717) is 30.9 Å². The molecule has 1 aromatic heterocycles. The first-order valence-electron chi connectivity index (χ1n) is 10.4. The van der Waals surface area contributed by atoms with Crippen molar-refractivity contribution in [1.29, 1.82) is 0 Å². The predicted molar refractivity (Wildman–Crippen MR) is 114 cm³/mol. The number of hydrogen-bond acceptors (Lipinski definition) is 3. The summed E-state index contributed by atoms with van der Waals surface area (Å²) < 4.78 is 68.5. The normalized spacial score (nSPS) is 15.1. The summed E-state index contributed by atoms with van der Waals surface area (Å²) in [6.45, 7) is 0.544. The van der Waals surface area contributed by atoms with Gasteiger partial charge < -0.3 is 15.0 Å². The first-order valence-corrected chi connectivity index (χ1v) is 10.4. The minimum Gasteiger partial charge on any atom is -0.493 e. The van der Waals surface area contributed by atoms with Crippen LogP contribution >= 0.6 is 0 Å². The van der Waals surface area contributed by atoms with Crippen molar-refractivity contribution in [2.45, 2.75) is 19.0 Å². The first-order chi connectivity index (χ1) is 15.7. The molecule has 0 unspecified atom stereocenters. The highest BCUT2D eigenvalue weighted by Crippen LogP contribution is 2.30. The van der Waals surface area contributed by atoms with E-state index >= 15 is 0 Å². The van der Waals surface area contributed by atoms with Crippen LogP contribution in [-0.2, 0) is 17.4 Å². The van der Waals surface area contributed by atoms with Crippen molar-refractivity contribution < 1.29 is 31.5 Å². The Bertz CT molecular complexity index is 1110. The zero-order valence-corrected chi connectivity index (χ0v) is 17.5. The molecule has 5 nitrogen and oxygen atoms in total. The number of alkyl halides is 5. The zero-order chi connectivity index (χ0) is 23.6. The quantitative estimate of drug-likeness (QED) is 0.462. The van der Waals surface area contributed by atoms with Crippen molar-refractivity contribution in [1.82, 2.24) is 9.88 Å². The summed E-state index contributed by atoms with van der Waals surface area (Å²) >= 11 is 0. The number of hydrogen-bond donors (Lipinski definition) is 2. The van der Waals surface area contributed by atoms with Crippen LogP contribution in [0, 0.1) is 5.92 Å². The minimum absolute atomic E-state index is 0.227. The lowest BCUT2D eigenvalue weighted by atomic mass is 9.99. The fraction of sp³-hybridized carbons (Fsp3) is 0.348. The lowest BCUT2D eigenvalue weighted by Crippen LogP contribution is -2.53. The van der Waals surface area contributed by atoms with E-state index in [1.165, 1.54) is 17.0 Å². The van der Waals surface area contributed by atoms with Crippen LogP contribution in [0.3, 0.4) is 0 Å². The summed E-state index contributed by atoms with van der Waals surface area (Å²) in [5, 5.41) is 3.57. The van der Waals surface area contributed by atoms with Crippen LogP contribution in [0.2, 0.25) is 0 Å². The number of ether oxygens (including phenoxy) is 1. The zero-order valence-electron chi connectivity index (χ0n) is 17.5. The molecule has 1 aliphatic heterocycles. The molecule has 4 rings (SSSR count). The van der Waals surface area contributed by atoms with E-state index in [1.807, 2.05) is 0 Å². The van der Waals surface area contributed by atoms with Gasteiger partial charge in [0.15, 0.2) is 0 Å². The Balaban J connectivity index is 1.33. The number of nitrogens with zero attached hydrogens (tertiary/aromatic N) is 1. The van der Waals surface area contributed by atoms with E-state index in [-0.39, 0.29) is 25.0 Å². The molecule has 0 bridgehead atoms. The highest BCUT2D eigenvalue weighted by molar-refractivity contribution is 6.03. The monoisotopic (exact) mass is 467 g/mol. The number of carbonyl (C=O) groups excluding carboxylic acids is 1. The largest absolute Gasteiger partial charge is 0.493 e. The van der Waals surface area contributed by atoms with Gasteiger partial charge in [-0.2, -0.15) is 13.2 Å². The first kappa shape index (κ1) is 23.0. The van der Waals surface area contributed by atoms with Crippen molar-refractivity contribution >= 4 is 22.5 Å². The Morgan fingerprint density at radius 2 is 1.88 bits per heavy atom. The Hall–Kier alpha value is -3.14. The van der Waals surface area contributed by atoms with Gasteiger partial charge in [-0.3, -0.25) is 9.69 Å². The van der Waals surface area contributed by atoms with E-state index in [1.54, 1.807) is 24.4 Å². The highest BCUT2D eigenvalue weighted by atomic mass is 19.4. The number of benzene rings is 2. The van der Waals surface area contributed by atoms with Gasteiger partial charge in [-0.05, 0) is 35.9 Å². The van der Waals surface area contributed by atoms with E-state index < -0.39 is 18.2 Å². The molecule has 0 aliphatic carbocycles. The number of anilines is 1. The van der Waals surface area contributed by atoms with Crippen LogP contribution < -0.4 is 10.1 Å². The number of rotatable bonds is 8. The number of fused-ring (bicyclic) bond motifs is 1. The van der Waals surface area contributed by atoms with Gasteiger partial charge in [0.1, 0.15) is 5.75 Å². The summed E-state index contributed by atoms with van der Waals surface area (Å²) in [6.07, 6.45) is -4.69. The van der Waals surface area contributed by atoms with E-state index in [2.05, 4.69) is 10.3 Å². The predicted octanol–water partition coefficient (Wildman–Crippen LogP) is 4.94. The van der Waals surface area contributed by atoms with Crippen LogP contribution in [0.15, 0.2) is 48.7 Å². The smallest absolute Gasteiger partial charge is 0.416 e. The van der Waals surface area contributed by atoms with Crippen molar-refractivity contribution in [3.8, 4) is 5.75 Å². The molecule has 10 heteroatoms. The summed E-state index contributed by atoms with van der Waals surface area (Å²) in [7, 11) is 0. The van der Waals surface area contributed by atoms with Crippen molar-refractivity contribution in [3.63, 3.8) is 0 Å². The number of nitrogens with one attached hydrogen (secondary N) is 2. The molecule has 0 radical (unpaired) electrons. The lowest BCUT2D eigenvalue weighted by Gasteiger charge is -2.37. The molecule has 0 spiro atoms. The summed E-state index contributed by atoms with van der Waals surface area (Å²) in [6, 6.07) is 10.3. The summed E-state index contributed by atoms with van der Waals surface area (Å²) in [5.41, 5.74) is 1.38. The molecule has 33 heavy (non-hydrogen) atoms. The Kier molecular flexibility index (Phi) is 6.55. The van der Waals surface area contributed by atoms with Crippen LogP contribution in [-0.4, -0.2) is 48.5 Å². The van der Waals surface area contributed by atoms with Gasteiger partial charge in [-0.1, -0.05) is 12.1 Å². The van der Waals surface area contributed by atoms with Gasteiger partial charge in [0.2, 0.25) is 5.91 Å². The molecule has 1 saturated heterocycles. The SMILES string of the molecule is O=C(Nc1c[nH]c2ccc(OCCc3ccc(C(F)(F)F)cc3)cc12)C1CN(CC(F)F)C1. The number of likely N-dealkylation sites (tertiary alicyclic amines) is 1. The number of aromatic amines is 1. The number of amides is 1. The lowest BCUT2D eigenvalue weighted by molar-refractivity contribution is -0.137. The van der Waals surface area contributed by atoms with Crippen LogP contribution in [0.1, 0.15) is 11.1 Å². The van der Waals surface area contributed by atoms with Gasteiger partial charge >= 0.3 is 6.18 Å². The Morgan fingerprint density at radius 3 is 2.55 bits per heavy atom. The van der Waals surface area contributed by atoms with E-state index in [4.69, 9.17) is 4.74 Å². The Morgan fingerprint density at radius 1 is 1.15 bits per heavy atom. The number of carbonyl (C=O) groups is 1. The van der Waals surface area contributed by atoms with Crippen molar-refractivity contribution in [2.24, 2.45) is 5.92 Å². The Labute approximate surface area is 186 Å². The van der Waals surface area contributed by atoms with Gasteiger partial charge in [0.05, 0.1) is 30.3 Å². The number of aromatic nitrogens is 1. The van der Waals surface area contributed by atoms with Gasteiger partial charge in [-0.25, -0.2) is 8.78 Å². The molecule has 176 valence electrons. The third kappa shape index (κ3) is 5.62. The fourth-order valence-electron chi connectivity index (χ4n) is 3.75. The standard InChI is InChI=1S/C23H22F5N3O2/c24-21(25)13-31-11-15(12-31)22(32)30-20-10-29-19-6-5-17(9-18(19)20)33-8-7-14-1-3-16(4-2-14)23(26,27)28/h1-6,9-10,15,21,29H,7-8,11-13H2,(H,30,32). The second kappa shape index (κ2) is 9.38. The third-order valence-electron chi connectivity index (χ3n) is 5.58. The molecule has 2 N–H and O–H groups in total. The maximum absolute atomic E-state index is 12.7. The highest BCUT2D eigenvalue weighted by Gasteiger charge is 2.34. The number of halogens is 5. The van der Waals surface area contributed by atoms with E-state index in [9.17, 15) is 26.7 Å². The summed E-state index contributed by atoms with van der Waals surface area (Å²) in [5.74, 6) is -0.0110. The molecule has 1 fully saturated rings. The average molecular weight is 467 g/mol. The van der Waals surface area contributed by atoms with Crippen LogP contribution in [0.5, 0.6) is 5.75 Å². The van der Waals surface area contributed by atoms with Gasteiger partial charge in [0, 0.05) is 36.6 Å². The molecular formula is C23H22F5N3O2. The molecule has 1 amide bonds. The van der Waals surface area contributed by atoms with Gasteiger partial charge in [-0.15, -0.1) is 0 Å². The topological polar surface area (TPSA) is 57.4 Å². The second-order valence-electron chi connectivity index (χ2n) is 8.00. The molecule has 2 aromatic carbocycles.